The molecule has 0 saturated carbocycles. The summed E-state index contributed by atoms with van der Waals surface area (Å²) in [7, 11) is 0. The van der Waals surface area contributed by atoms with Gasteiger partial charge in [0.05, 0.1) is 26.7 Å². The Morgan fingerprint density at radius 3 is 2.46 bits per heavy atom. The Hall–Kier alpha value is -3.40. The second kappa shape index (κ2) is 11.4. The van der Waals surface area contributed by atoms with Crippen molar-refractivity contribution in [3.63, 3.8) is 0 Å². The lowest BCUT2D eigenvalue weighted by Crippen LogP contribution is -2.48. The molecule has 2 aromatic carbocycles. The van der Waals surface area contributed by atoms with Crippen molar-refractivity contribution in [1.29, 1.82) is 0 Å². The second-order valence-electron chi connectivity index (χ2n) is 7.68. The number of carbonyl (C=O) groups excluding carboxylic acids is 2. The molecule has 1 heterocycles. The molecule has 1 unspecified atom stereocenters. The van der Waals surface area contributed by atoms with Gasteiger partial charge in [-0.1, -0.05) is 48.7 Å². The number of amides is 2. The van der Waals surface area contributed by atoms with Gasteiger partial charge < -0.3 is 9.73 Å². The number of nitrogens with zero attached hydrogens (tertiary/aromatic N) is 2. The Bertz CT molecular complexity index is 1310. The normalized spacial score (nSPS) is 12.1. The average Bonchev–Trinajstić information content (AvgIpc) is 3.27. The van der Waals surface area contributed by atoms with Crippen molar-refractivity contribution in [3.05, 3.63) is 85.0 Å². The zero-order valence-corrected chi connectivity index (χ0v) is 20.7. The third-order valence-electron chi connectivity index (χ3n) is 4.83. The number of hydrogen-bond donors (Lipinski definition) is 2. The zero-order chi connectivity index (χ0) is 25.7. The highest BCUT2D eigenvalue weighted by molar-refractivity contribution is 6.42. The van der Waals surface area contributed by atoms with Crippen LogP contribution in [0.15, 0.2) is 58.0 Å². The van der Waals surface area contributed by atoms with Crippen molar-refractivity contribution in [2.75, 3.05) is 0 Å². The van der Waals surface area contributed by atoms with E-state index in [0.29, 0.717) is 5.02 Å². The van der Waals surface area contributed by atoms with Crippen LogP contribution in [-0.2, 0) is 4.79 Å². The summed E-state index contributed by atoms with van der Waals surface area (Å²) in [6.45, 7) is 3.53. The molecule has 0 fully saturated rings. The lowest BCUT2D eigenvalue weighted by molar-refractivity contribution is -0.384. The van der Waals surface area contributed by atoms with E-state index >= 15 is 0 Å². The fourth-order valence-electron chi connectivity index (χ4n) is 3.06. The third-order valence-corrected chi connectivity index (χ3v) is 5.81. The first kappa shape index (κ1) is 26.2. The molecule has 35 heavy (non-hydrogen) atoms. The van der Waals surface area contributed by atoms with E-state index in [9.17, 15) is 19.7 Å². The van der Waals surface area contributed by atoms with E-state index in [-0.39, 0.29) is 44.3 Å². The predicted octanol–water partition coefficient (Wildman–Crippen LogP) is 5.72. The molecule has 2 N–H and O–H groups in total. The summed E-state index contributed by atoms with van der Waals surface area (Å²) in [6.07, 6.45) is 1.24. The van der Waals surface area contributed by atoms with Crippen LogP contribution in [0.25, 0.3) is 11.3 Å². The minimum atomic E-state index is -0.891. The summed E-state index contributed by atoms with van der Waals surface area (Å²) in [6, 6.07) is 10.8. The number of rotatable bonds is 8. The van der Waals surface area contributed by atoms with Crippen LogP contribution >= 0.6 is 34.8 Å². The van der Waals surface area contributed by atoms with Crippen LogP contribution in [0.2, 0.25) is 15.1 Å². The number of furan rings is 1. The van der Waals surface area contributed by atoms with E-state index in [1.165, 1.54) is 54.7 Å². The van der Waals surface area contributed by atoms with Crippen molar-refractivity contribution >= 4 is 58.5 Å². The van der Waals surface area contributed by atoms with Crippen molar-refractivity contribution in [2.24, 2.45) is 11.0 Å². The van der Waals surface area contributed by atoms with E-state index in [1.807, 2.05) is 0 Å². The number of hydrazone groups is 1. The molecule has 1 aromatic heterocycles. The van der Waals surface area contributed by atoms with Crippen LogP contribution in [0, 0.1) is 16.0 Å². The Labute approximate surface area is 215 Å². The van der Waals surface area contributed by atoms with Gasteiger partial charge in [-0.15, -0.1) is 0 Å². The highest BCUT2D eigenvalue weighted by Crippen LogP contribution is 2.33. The van der Waals surface area contributed by atoms with Gasteiger partial charge in [-0.2, -0.15) is 5.10 Å². The maximum atomic E-state index is 12.6. The van der Waals surface area contributed by atoms with E-state index in [0.717, 1.165) is 0 Å². The molecular weight excluding hydrogens is 519 g/mol. The van der Waals surface area contributed by atoms with Crippen LogP contribution in [0.5, 0.6) is 0 Å². The number of nitro groups is 1. The molecule has 3 rings (SSSR count). The summed E-state index contributed by atoms with van der Waals surface area (Å²) in [4.78, 5) is 35.9. The van der Waals surface area contributed by atoms with E-state index < -0.39 is 22.8 Å². The Balaban J connectivity index is 1.68. The van der Waals surface area contributed by atoms with Gasteiger partial charge in [-0.25, -0.2) is 5.43 Å². The summed E-state index contributed by atoms with van der Waals surface area (Å²) >= 11 is 17.7. The molecule has 1 atom stereocenters. The maximum absolute atomic E-state index is 12.6. The standard InChI is InChI=1S/C23H19Cl3N4O5/c1-12(2)21(28-22(31)13-3-7-17(25)18(26)9-13)23(32)29-27-11-15-5-8-20(35-15)16-6-4-14(24)10-19(16)30(33)34/h3-12,21H,1-2H3,(H,28,31)(H,29,32). The number of hydrogen-bond acceptors (Lipinski definition) is 6. The number of halogens is 3. The highest BCUT2D eigenvalue weighted by atomic mass is 35.5. The van der Waals surface area contributed by atoms with Gasteiger partial charge in [-0.3, -0.25) is 19.7 Å². The minimum absolute atomic E-state index is 0.207. The monoisotopic (exact) mass is 536 g/mol. The van der Waals surface area contributed by atoms with Gasteiger partial charge in [0.1, 0.15) is 17.6 Å². The molecule has 0 aliphatic rings. The van der Waals surface area contributed by atoms with Crippen LogP contribution in [-0.4, -0.2) is 29.0 Å². The average molecular weight is 538 g/mol. The molecule has 0 radical (unpaired) electrons. The Morgan fingerprint density at radius 2 is 1.80 bits per heavy atom. The van der Waals surface area contributed by atoms with E-state index in [2.05, 4.69) is 15.8 Å². The molecule has 0 bridgehead atoms. The van der Waals surface area contributed by atoms with Gasteiger partial charge in [-0.05, 0) is 48.4 Å². The number of nitro benzene ring substituents is 1. The first-order chi connectivity index (χ1) is 16.6. The molecule has 9 nitrogen and oxygen atoms in total. The van der Waals surface area contributed by atoms with Crippen LogP contribution in [0.1, 0.15) is 30.0 Å². The number of benzene rings is 2. The van der Waals surface area contributed by atoms with Crippen LogP contribution in [0.4, 0.5) is 5.69 Å². The minimum Gasteiger partial charge on any atom is -0.455 e. The Morgan fingerprint density at radius 1 is 1.06 bits per heavy atom. The van der Waals surface area contributed by atoms with Crippen molar-refractivity contribution < 1.29 is 18.9 Å². The van der Waals surface area contributed by atoms with E-state index in [4.69, 9.17) is 39.2 Å². The molecule has 3 aromatic rings. The zero-order valence-electron chi connectivity index (χ0n) is 18.4. The molecule has 0 spiro atoms. The highest BCUT2D eigenvalue weighted by Gasteiger charge is 2.25. The fourth-order valence-corrected chi connectivity index (χ4v) is 3.52. The van der Waals surface area contributed by atoms with Crippen molar-refractivity contribution in [1.82, 2.24) is 10.7 Å². The SMILES string of the molecule is CC(C)C(NC(=O)c1ccc(Cl)c(Cl)c1)C(=O)NN=Cc1ccc(-c2ccc(Cl)cc2[N+](=O)[O-])o1. The molecule has 182 valence electrons. The molecule has 0 aliphatic carbocycles. The fraction of sp³-hybridized carbons (Fsp3) is 0.174. The molecule has 2 amide bonds. The van der Waals surface area contributed by atoms with Gasteiger partial charge in [0, 0.05) is 16.7 Å². The smallest absolute Gasteiger partial charge is 0.281 e. The second-order valence-corrected chi connectivity index (χ2v) is 8.93. The predicted molar refractivity (Wildman–Crippen MR) is 134 cm³/mol. The van der Waals surface area contributed by atoms with E-state index in [1.54, 1.807) is 13.8 Å². The lowest BCUT2D eigenvalue weighted by atomic mass is 10.0. The summed E-state index contributed by atoms with van der Waals surface area (Å²) in [5.41, 5.74) is 2.65. The third kappa shape index (κ3) is 6.60. The Kier molecular flexibility index (Phi) is 8.50. The summed E-state index contributed by atoms with van der Waals surface area (Å²) in [5.74, 6) is -0.829. The van der Waals surface area contributed by atoms with Crippen LogP contribution < -0.4 is 10.7 Å². The number of carbonyl (C=O) groups is 2. The first-order valence-corrected chi connectivity index (χ1v) is 11.3. The largest absolute Gasteiger partial charge is 0.455 e. The molecular formula is C23H19Cl3N4O5. The maximum Gasteiger partial charge on any atom is 0.281 e. The molecule has 12 heteroatoms. The summed E-state index contributed by atoms with van der Waals surface area (Å²) in [5, 5.41) is 18.6. The van der Waals surface area contributed by atoms with Crippen molar-refractivity contribution in [3.8, 4) is 11.3 Å². The quantitative estimate of drug-likeness (QED) is 0.216. The van der Waals surface area contributed by atoms with Crippen LogP contribution in [0.3, 0.4) is 0 Å². The number of nitrogens with one attached hydrogen (secondary N) is 2. The van der Waals surface area contributed by atoms with Crippen molar-refractivity contribution in [2.45, 2.75) is 19.9 Å². The molecule has 0 aliphatic heterocycles. The lowest BCUT2D eigenvalue weighted by Gasteiger charge is -2.20. The topological polar surface area (TPSA) is 127 Å². The molecule has 0 saturated heterocycles. The first-order valence-electron chi connectivity index (χ1n) is 10.2. The summed E-state index contributed by atoms with van der Waals surface area (Å²) < 4.78 is 5.59. The van der Waals surface area contributed by atoms with Gasteiger partial charge in [0.2, 0.25) is 0 Å². The van der Waals surface area contributed by atoms with Gasteiger partial charge >= 0.3 is 0 Å². The van der Waals surface area contributed by atoms with Gasteiger partial charge in [0.25, 0.3) is 17.5 Å². The van der Waals surface area contributed by atoms with Gasteiger partial charge in [0.15, 0.2) is 0 Å².